The van der Waals surface area contributed by atoms with Crippen molar-refractivity contribution in [3.63, 3.8) is 0 Å². The first-order chi connectivity index (χ1) is 2.50. The van der Waals surface area contributed by atoms with Gasteiger partial charge in [-0.2, -0.15) is 0 Å². The topological polar surface area (TPSA) is 26.5 Å². The number of aliphatic imine (C=N–C) groups is 1. The van der Waals surface area contributed by atoms with Gasteiger partial charge < -0.3 is 22.7 Å². The summed E-state index contributed by atoms with van der Waals surface area (Å²) in [5, 5.41) is 3.79. The van der Waals surface area contributed by atoms with Crippen LogP contribution >= 0.6 is 0 Å². The first-order valence-electron chi connectivity index (χ1n) is 1.65. The summed E-state index contributed by atoms with van der Waals surface area (Å²) in [5.41, 5.74) is 0. The summed E-state index contributed by atoms with van der Waals surface area (Å²) in [6, 6.07) is 0. The van der Waals surface area contributed by atoms with Gasteiger partial charge in [0.15, 0.2) is 0 Å². The number of rotatable bonds is 0. The van der Waals surface area contributed by atoms with Gasteiger partial charge in [-0.15, -0.1) is 6.34 Å². The van der Waals surface area contributed by atoms with E-state index in [0.29, 0.717) is 0 Å². The summed E-state index contributed by atoms with van der Waals surface area (Å²) in [6.45, 7) is 1.81. The Morgan fingerprint density at radius 1 is 1.57 bits per heavy atom. The molecule has 0 fully saturated rings. The number of halogens is 1. The smallest absolute Gasteiger partial charge is 1.00 e. The second-order valence-corrected chi connectivity index (χ2v) is 0.928. The second kappa shape index (κ2) is 6.53. The third kappa shape index (κ3) is 4.38. The Kier molecular flexibility index (Phi) is 9.79. The first-order valence-corrected chi connectivity index (χ1v) is 1.65. The summed E-state index contributed by atoms with van der Waals surface area (Å²) < 4.78 is 0. The molecule has 0 aromatic rings. The van der Waals surface area contributed by atoms with Gasteiger partial charge in [0.1, 0.15) is 0 Å². The fourth-order valence-electron chi connectivity index (χ4n) is 0.289. The van der Waals surface area contributed by atoms with Gasteiger partial charge in [-0.05, 0) is 0 Å². The predicted molar refractivity (Wildman–Crippen MR) is 27.3 cm³/mol. The van der Waals surface area contributed by atoms with Crippen LogP contribution in [0.4, 0.5) is 0 Å². The molecule has 0 aromatic carbocycles. The van der Waals surface area contributed by atoms with Crippen LogP contribution in [-0.4, -0.2) is 42.5 Å². The maximum Gasteiger partial charge on any atom is 2.00 e. The molecule has 4 heteroatoms. The molecule has 0 aromatic heterocycles. The predicted octanol–water partition coefficient (Wildman–Crippen LogP) is -2.97. The van der Waals surface area contributed by atoms with Gasteiger partial charge in [0, 0.05) is 0 Å². The largest absolute Gasteiger partial charge is 2.00 e. The van der Waals surface area contributed by atoms with E-state index in [1.165, 1.54) is 0 Å². The summed E-state index contributed by atoms with van der Waals surface area (Å²) >= 11 is 0. The molecule has 2 nitrogen and oxygen atoms in total. The van der Waals surface area contributed by atoms with Crippen molar-refractivity contribution in [1.82, 2.24) is 0 Å². The molecule has 0 aliphatic carbocycles. The van der Waals surface area contributed by atoms with Crippen molar-refractivity contribution < 1.29 is 12.4 Å². The van der Waals surface area contributed by atoms with Crippen molar-refractivity contribution in [2.45, 2.75) is 0 Å². The Hall–Kier alpha value is 0.526. The van der Waals surface area contributed by atoms with Crippen molar-refractivity contribution in [1.29, 1.82) is 0 Å². The van der Waals surface area contributed by atoms with Crippen LogP contribution in [0, 0.1) is 0 Å². The van der Waals surface area contributed by atoms with Gasteiger partial charge in [0.05, 0.1) is 0 Å². The SMILES string of the molecule is C1=NCC[N-]1.[Cl-].[Mg+2]. The fourth-order valence-corrected chi connectivity index (χ4v) is 0.289. The molecule has 0 radical (unpaired) electrons. The molecule has 0 amide bonds. The Morgan fingerprint density at radius 2 is 2.29 bits per heavy atom. The third-order valence-electron chi connectivity index (χ3n) is 0.521. The molecule has 36 valence electrons. The summed E-state index contributed by atoms with van der Waals surface area (Å²) in [6.07, 6.45) is 1.61. The van der Waals surface area contributed by atoms with Crippen molar-refractivity contribution in [2.24, 2.45) is 4.99 Å². The van der Waals surface area contributed by atoms with Crippen LogP contribution in [0.25, 0.3) is 5.32 Å². The fraction of sp³-hybridized carbons (Fsp3) is 0.667. The van der Waals surface area contributed by atoms with Crippen LogP contribution in [-0.2, 0) is 0 Å². The molecular weight excluding hydrogens is 124 g/mol. The third-order valence-corrected chi connectivity index (χ3v) is 0.521. The first kappa shape index (κ1) is 10.5. The van der Waals surface area contributed by atoms with E-state index in [0.717, 1.165) is 13.1 Å². The number of nitrogens with zero attached hydrogens (tertiary/aromatic N) is 2. The molecule has 1 rings (SSSR count). The Morgan fingerprint density at radius 3 is 2.43 bits per heavy atom. The molecule has 0 unspecified atom stereocenters. The summed E-state index contributed by atoms with van der Waals surface area (Å²) in [4.78, 5) is 3.79. The van der Waals surface area contributed by atoms with Gasteiger partial charge in [0.25, 0.3) is 0 Å². The molecule has 0 saturated heterocycles. The van der Waals surface area contributed by atoms with E-state index in [1.807, 2.05) is 0 Å². The van der Waals surface area contributed by atoms with Crippen LogP contribution in [0.15, 0.2) is 4.99 Å². The zero-order valence-corrected chi connectivity index (χ0v) is 6.14. The maximum absolute atomic E-state index is 3.79. The quantitative estimate of drug-likeness (QED) is 0.312. The van der Waals surface area contributed by atoms with Crippen LogP contribution < -0.4 is 12.4 Å². The van der Waals surface area contributed by atoms with Crippen molar-refractivity contribution in [2.75, 3.05) is 13.1 Å². The van der Waals surface area contributed by atoms with Crippen LogP contribution in [0.5, 0.6) is 0 Å². The number of hydrogen-bond acceptors (Lipinski definition) is 1. The van der Waals surface area contributed by atoms with E-state index in [4.69, 9.17) is 0 Å². The van der Waals surface area contributed by atoms with E-state index >= 15 is 0 Å². The van der Waals surface area contributed by atoms with Crippen LogP contribution in [0.3, 0.4) is 0 Å². The second-order valence-electron chi connectivity index (χ2n) is 0.928. The molecule has 0 bridgehead atoms. The van der Waals surface area contributed by atoms with Crippen molar-refractivity contribution >= 4 is 29.4 Å². The molecule has 0 saturated carbocycles. The normalized spacial score (nSPS) is 13.7. The number of hydrogen-bond donors (Lipinski definition) is 0. The van der Waals surface area contributed by atoms with E-state index in [-0.39, 0.29) is 35.5 Å². The van der Waals surface area contributed by atoms with E-state index in [1.54, 1.807) is 6.34 Å². The molecule has 1 aliphatic rings. The molecule has 0 atom stereocenters. The zero-order valence-electron chi connectivity index (χ0n) is 3.97. The average Bonchev–Trinajstić information content (AvgIpc) is 1.76. The van der Waals surface area contributed by atoms with Gasteiger partial charge >= 0.3 is 23.1 Å². The minimum absolute atomic E-state index is 0. The molecule has 7 heavy (non-hydrogen) atoms. The molecule has 0 spiro atoms. The van der Waals surface area contributed by atoms with Crippen LogP contribution in [0.1, 0.15) is 0 Å². The van der Waals surface area contributed by atoms with E-state index in [9.17, 15) is 0 Å². The van der Waals surface area contributed by atoms with Gasteiger partial charge in [-0.3, -0.25) is 0 Å². The van der Waals surface area contributed by atoms with E-state index < -0.39 is 0 Å². The van der Waals surface area contributed by atoms with Crippen molar-refractivity contribution in [3.8, 4) is 0 Å². The summed E-state index contributed by atoms with van der Waals surface area (Å²) in [5.74, 6) is 0. The minimum atomic E-state index is 0. The zero-order chi connectivity index (χ0) is 3.54. The Balaban J connectivity index is 0. The van der Waals surface area contributed by atoms with Crippen LogP contribution in [0.2, 0.25) is 0 Å². The molecule has 0 N–H and O–H groups in total. The minimum Gasteiger partial charge on any atom is -1.00 e. The summed E-state index contributed by atoms with van der Waals surface area (Å²) in [7, 11) is 0. The van der Waals surface area contributed by atoms with Crippen molar-refractivity contribution in [3.05, 3.63) is 5.32 Å². The van der Waals surface area contributed by atoms with Gasteiger partial charge in [0.2, 0.25) is 0 Å². The van der Waals surface area contributed by atoms with Gasteiger partial charge in [-0.1, -0.05) is 13.1 Å². The monoisotopic (exact) mass is 128 g/mol. The standard InChI is InChI=1S/C3H5N2.ClH.Mg/c1-2-5-3-4-1;;/h3H,1-2H2;1H;/q-1;;+2/p-1. The Bertz CT molecular complexity index is 50.9. The van der Waals surface area contributed by atoms with Gasteiger partial charge in [-0.25, -0.2) is 0 Å². The maximum atomic E-state index is 3.79. The molecule has 1 aliphatic heterocycles. The Labute approximate surface area is 65.3 Å². The molecular formula is C3H5ClMgN2. The average molecular weight is 129 g/mol. The van der Waals surface area contributed by atoms with E-state index in [2.05, 4.69) is 10.3 Å². The molecule has 1 heterocycles.